The molecule has 0 aromatic heterocycles. The number of benzene rings is 2. The molecule has 0 heterocycles. The second-order valence-corrected chi connectivity index (χ2v) is 5.65. The minimum absolute atomic E-state index is 0.105. The van der Waals surface area contributed by atoms with Gasteiger partial charge in [-0.3, -0.25) is 0 Å². The van der Waals surface area contributed by atoms with E-state index < -0.39 is 0 Å². The van der Waals surface area contributed by atoms with E-state index in [0.717, 1.165) is 28.9 Å². The van der Waals surface area contributed by atoms with Gasteiger partial charge >= 0.3 is 6.09 Å². The van der Waals surface area contributed by atoms with E-state index in [-0.39, 0.29) is 12.1 Å². The second kappa shape index (κ2) is 7.21. The summed E-state index contributed by atoms with van der Waals surface area (Å²) in [6.07, 6.45) is 2.47. The van der Waals surface area contributed by atoms with Gasteiger partial charge in [0.1, 0.15) is 5.75 Å². The van der Waals surface area contributed by atoms with Gasteiger partial charge < -0.3 is 14.8 Å². The van der Waals surface area contributed by atoms with Gasteiger partial charge in [-0.15, -0.1) is 0 Å². The van der Waals surface area contributed by atoms with Crippen LogP contribution in [0.1, 0.15) is 23.6 Å². The highest BCUT2D eigenvalue weighted by Gasteiger charge is 2.29. The summed E-state index contributed by atoms with van der Waals surface area (Å²) in [5.41, 5.74) is 4.47. The molecule has 124 valence electrons. The van der Waals surface area contributed by atoms with E-state index in [2.05, 4.69) is 17.5 Å². The van der Waals surface area contributed by atoms with Crippen molar-refractivity contribution in [3.63, 3.8) is 0 Å². The minimum Gasteiger partial charge on any atom is -0.497 e. The molecule has 1 atom stereocenters. The summed E-state index contributed by atoms with van der Waals surface area (Å²) in [5, 5.41) is 2.96. The molecule has 1 amide bonds. The van der Waals surface area contributed by atoms with Crippen molar-refractivity contribution in [1.82, 2.24) is 5.32 Å². The molecule has 1 aliphatic rings. The molecule has 24 heavy (non-hydrogen) atoms. The Morgan fingerprint density at radius 1 is 1.25 bits per heavy atom. The smallest absolute Gasteiger partial charge is 0.407 e. The van der Waals surface area contributed by atoms with E-state index in [1.54, 1.807) is 14.0 Å². The standard InChI is InChI=1S/C20H21NO3/c1-3-24-20(22)21-19-12-15-9-10-16(23-2)13-17(15)18(19)11-14-7-5-4-6-8-14/h4-11,13,19H,3,12H2,1-2H3,(H,21,22)/b18-11-. The van der Waals surface area contributed by atoms with Crippen molar-refractivity contribution in [2.24, 2.45) is 0 Å². The monoisotopic (exact) mass is 323 g/mol. The molecule has 1 N–H and O–H groups in total. The van der Waals surface area contributed by atoms with Crippen LogP contribution in [0.2, 0.25) is 0 Å². The largest absolute Gasteiger partial charge is 0.497 e. The fourth-order valence-corrected chi connectivity index (χ4v) is 3.00. The summed E-state index contributed by atoms with van der Waals surface area (Å²) in [4.78, 5) is 11.9. The molecule has 4 heteroatoms. The summed E-state index contributed by atoms with van der Waals surface area (Å²) < 4.78 is 10.4. The van der Waals surface area contributed by atoms with Crippen molar-refractivity contribution < 1.29 is 14.3 Å². The highest BCUT2D eigenvalue weighted by atomic mass is 16.5. The van der Waals surface area contributed by atoms with Gasteiger partial charge in [-0.2, -0.15) is 0 Å². The maximum atomic E-state index is 11.9. The van der Waals surface area contributed by atoms with E-state index in [4.69, 9.17) is 9.47 Å². The molecule has 0 bridgehead atoms. The van der Waals surface area contributed by atoms with Crippen molar-refractivity contribution in [3.05, 3.63) is 65.2 Å². The van der Waals surface area contributed by atoms with Crippen molar-refractivity contribution in [2.75, 3.05) is 13.7 Å². The Bertz CT molecular complexity index is 753. The summed E-state index contributed by atoms with van der Waals surface area (Å²) >= 11 is 0. The molecular weight excluding hydrogens is 302 g/mol. The predicted molar refractivity (Wildman–Crippen MR) is 95.0 cm³/mol. The summed E-state index contributed by atoms with van der Waals surface area (Å²) in [7, 11) is 1.66. The number of methoxy groups -OCH3 is 1. The average Bonchev–Trinajstić information content (AvgIpc) is 2.92. The Morgan fingerprint density at radius 3 is 2.75 bits per heavy atom. The molecule has 0 fully saturated rings. The predicted octanol–water partition coefficient (Wildman–Crippen LogP) is 3.91. The molecule has 0 aliphatic heterocycles. The van der Waals surface area contributed by atoms with Crippen LogP contribution < -0.4 is 10.1 Å². The van der Waals surface area contributed by atoms with Gasteiger partial charge in [-0.1, -0.05) is 36.4 Å². The van der Waals surface area contributed by atoms with Gasteiger partial charge in [0.2, 0.25) is 0 Å². The summed E-state index contributed by atoms with van der Waals surface area (Å²) in [6.45, 7) is 2.16. The van der Waals surface area contributed by atoms with Gasteiger partial charge in [0.15, 0.2) is 0 Å². The first kappa shape index (κ1) is 16.1. The lowest BCUT2D eigenvalue weighted by molar-refractivity contribution is 0.150. The zero-order valence-electron chi connectivity index (χ0n) is 13.9. The molecule has 4 nitrogen and oxygen atoms in total. The fraction of sp³-hybridized carbons (Fsp3) is 0.250. The van der Waals surface area contributed by atoms with Crippen LogP contribution >= 0.6 is 0 Å². The zero-order valence-corrected chi connectivity index (χ0v) is 13.9. The first-order valence-electron chi connectivity index (χ1n) is 8.08. The molecule has 1 aliphatic carbocycles. The van der Waals surface area contributed by atoms with E-state index in [1.807, 2.05) is 42.5 Å². The fourth-order valence-electron chi connectivity index (χ4n) is 3.00. The van der Waals surface area contributed by atoms with Crippen molar-refractivity contribution >= 4 is 17.7 Å². The van der Waals surface area contributed by atoms with E-state index in [0.29, 0.717) is 6.61 Å². The number of fused-ring (bicyclic) bond motifs is 1. The third-order valence-corrected chi connectivity index (χ3v) is 4.12. The average molecular weight is 323 g/mol. The molecule has 1 unspecified atom stereocenters. The molecule has 2 aromatic rings. The number of carbonyl (C=O) groups is 1. The molecule has 0 radical (unpaired) electrons. The normalized spacial score (nSPS) is 17.4. The van der Waals surface area contributed by atoms with Crippen LogP contribution in [-0.4, -0.2) is 25.9 Å². The van der Waals surface area contributed by atoms with Crippen molar-refractivity contribution in [3.8, 4) is 5.75 Å². The van der Waals surface area contributed by atoms with E-state index in [1.165, 1.54) is 5.56 Å². The van der Waals surface area contributed by atoms with Crippen LogP contribution in [0.3, 0.4) is 0 Å². The second-order valence-electron chi connectivity index (χ2n) is 5.65. The number of hydrogen-bond donors (Lipinski definition) is 1. The highest BCUT2D eigenvalue weighted by molar-refractivity contribution is 5.90. The Hall–Kier alpha value is -2.75. The van der Waals surface area contributed by atoms with Crippen LogP contribution in [0.4, 0.5) is 4.79 Å². The number of alkyl carbamates (subject to hydrolysis) is 1. The van der Waals surface area contributed by atoms with E-state index in [9.17, 15) is 4.79 Å². The quantitative estimate of drug-likeness (QED) is 0.928. The lowest BCUT2D eigenvalue weighted by Gasteiger charge is -2.15. The van der Waals surface area contributed by atoms with Crippen LogP contribution in [0.15, 0.2) is 48.5 Å². The maximum Gasteiger partial charge on any atom is 0.407 e. The SMILES string of the molecule is CCOC(=O)NC1Cc2ccc(OC)cc2/C1=C/c1ccccc1. The number of carbonyl (C=O) groups excluding carboxylic acids is 1. The third kappa shape index (κ3) is 3.43. The lowest BCUT2D eigenvalue weighted by atomic mass is 10.0. The minimum atomic E-state index is -0.388. The van der Waals surface area contributed by atoms with Crippen molar-refractivity contribution in [2.45, 2.75) is 19.4 Å². The summed E-state index contributed by atoms with van der Waals surface area (Å²) in [5.74, 6) is 0.810. The Labute approximate surface area is 142 Å². The van der Waals surface area contributed by atoms with Crippen LogP contribution in [0, 0.1) is 0 Å². The number of amides is 1. The third-order valence-electron chi connectivity index (χ3n) is 4.12. The van der Waals surface area contributed by atoms with Gasteiger partial charge in [-0.05, 0) is 53.8 Å². The molecule has 0 saturated heterocycles. The molecular formula is C20H21NO3. The Balaban J connectivity index is 1.98. The van der Waals surface area contributed by atoms with Crippen LogP contribution in [0.5, 0.6) is 5.75 Å². The van der Waals surface area contributed by atoms with Gasteiger partial charge in [-0.25, -0.2) is 4.79 Å². The topological polar surface area (TPSA) is 47.6 Å². The molecule has 2 aromatic carbocycles. The first-order valence-corrected chi connectivity index (χ1v) is 8.08. The summed E-state index contributed by atoms with van der Waals surface area (Å²) in [6, 6.07) is 16.0. The number of ether oxygens (including phenoxy) is 2. The van der Waals surface area contributed by atoms with Crippen LogP contribution in [0.25, 0.3) is 11.6 Å². The Kier molecular flexibility index (Phi) is 4.85. The van der Waals surface area contributed by atoms with Gasteiger partial charge in [0, 0.05) is 0 Å². The van der Waals surface area contributed by atoms with Crippen LogP contribution in [-0.2, 0) is 11.2 Å². The number of hydrogen-bond acceptors (Lipinski definition) is 3. The zero-order chi connectivity index (χ0) is 16.9. The lowest BCUT2D eigenvalue weighted by Crippen LogP contribution is -2.35. The highest BCUT2D eigenvalue weighted by Crippen LogP contribution is 2.36. The number of rotatable bonds is 4. The molecule has 0 saturated carbocycles. The van der Waals surface area contributed by atoms with E-state index >= 15 is 0 Å². The molecule has 3 rings (SSSR count). The van der Waals surface area contributed by atoms with Gasteiger partial charge in [0.25, 0.3) is 0 Å². The van der Waals surface area contributed by atoms with Crippen molar-refractivity contribution in [1.29, 1.82) is 0 Å². The number of nitrogens with one attached hydrogen (secondary N) is 1. The van der Waals surface area contributed by atoms with Gasteiger partial charge in [0.05, 0.1) is 19.8 Å². The maximum absolute atomic E-state index is 11.9. The first-order chi connectivity index (χ1) is 11.7. The Morgan fingerprint density at radius 2 is 2.04 bits per heavy atom. The molecule has 0 spiro atoms.